The van der Waals surface area contributed by atoms with Gasteiger partial charge in [-0.25, -0.2) is 8.78 Å². The Bertz CT molecular complexity index is 215. The number of benzene rings is 1. The lowest BCUT2D eigenvalue weighted by Gasteiger charge is -1.95. The predicted molar refractivity (Wildman–Crippen MR) is 40.2 cm³/mol. The van der Waals surface area contributed by atoms with E-state index in [1.54, 1.807) is 0 Å². The van der Waals surface area contributed by atoms with E-state index in [1.807, 2.05) is 6.66 Å². The van der Waals surface area contributed by atoms with E-state index in [0.717, 1.165) is 11.4 Å². The Morgan fingerprint density at radius 1 is 1.10 bits per heavy atom. The van der Waals surface area contributed by atoms with Crippen molar-refractivity contribution in [2.24, 2.45) is 0 Å². The van der Waals surface area contributed by atoms with Gasteiger partial charge in [-0.15, -0.1) is 0 Å². The van der Waals surface area contributed by atoms with Gasteiger partial charge in [0.1, 0.15) is 11.6 Å². The molecule has 1 aromatic carbocycles. The molecule has 0 bridgehead atoms. The molecule has 0 saturated heterocycles. The monoisotopic (exact) mass is 160 g/mol. The lowest BCUT2D eigenvalue weighted by Crippen LogP contribution is -1.96. The highest BCUT2D eigenvalue weighted by Gasteiger charge is 1.96. The van der Waals surface area contributed by atoms with Gasteiger partial charge in [0.05, 0.1) is 0 Å². The Balaban J connectivity index is 3.06. The van der Waals surface area contributed by atoms with Gasteiger partial charge < -0.3 is 0 Å². The second-order valence-corrected chi connectivity index (χ2v) is 2.99. The fraction of sp³-hybridized carbons (Fsp3) is 0.143. The van der Waals surface area contributed by atoms with Gasteiger partial charge in [-0.05, 0) is 24.1 Å². The minimum absolute atomic E-state index is 0.443. The molecule has 0 radical (unpaired) electrons. The number of hydrogen-bond acceptors (Lipinski definition) is 0. The largest absolute Gasteiger partial charge is 0.207 e. The highest BCUT2D eigenvalue weighted by molar-refractivity contribution is 7.46. The molecule has 0 amide bonds. The van der Waals surface area contributed by atoms with Gasteiger partial charge in [-0.2, -0.15) is 0 Å². The third-order valence-corrected chi connectivity index (χ3v) is 2.02. The molecule has 0 aromatic heterocycles. The zero-order chi connectivity index (χ0) is 7.56. The van der Waals surface area contributed by atoms with Crippen LogP contribution in [0.25, 0.3) is 0 Å². The fourth-order valence-electron chi connectivity index (χ4n) is 0.698. The van der Waals surface area contributed by atoms with Crippen molar-refractivity contribution in [1.29, 1.82) is 0 Å². The van der Waals surface area contributed by atoms with Crippen LogP contribution in [0.2, 0.25) is 0 Å². The van der Waals surface area contributed by atoms with Crippen LogP contribution >= 0.6 is 8.58 Å². The maximum absolute atomic E-state index is 12.4. The van der Waals surface area contributed by atoms with Crippen LogP contribution in [0.1, 0.15) is 0 Å². The molecule has 3 heteroatoms. The SMILES string of the molecule is CPc1cc(F)cc(F)c1. The maximum Gasteiger partial charge on any atom is 0.126 e. The summed E-state index contributed by atoms with van der Waals surface area (Å²) in [5, 5.41) is 0.720. The van der Waals surface area contributed by atoms with Crippen LogP contribution in [0.3, 0.4) is 0 Å². The molecular formula is C7H7F2P. The summed E-state index contributed by atoms with van der Waals surface area (Å²) in [6, 6.07) is 3.58. The van der Waals surface area contributed by atoms with Gasteiger partial charge >= 0.3 is 0 Å². The van der Waals surface area contributed by atoms with E-state index >= 15 is 0 Å². The second-order valence-electron chi connectivity index (χ2n) is 1.91. The predicted octanol–water partition coefficient (Wildman–Crippen LogP) is 1.90. The van der Waals surface area contributed by atoms with Gasteiger partial charge in [0.25, 0.3) is 0 Å². The number of hydrogen-bond donors (Lipinski definition) is 0. The van der Waals surface area contributed by atoms with Gasteiger partial charge in [-0.1, -0.05) is 8.58 Å². The van der Waals surface area contributed by atoms with E-state index < -0.39 is 11.6 Å². The summed E-state index contributed by atoms with van der Waals surface area (Å²) in [5.74, 6) is -0.992. The van der Waals surface area contributed by atoms with Crippen molar-refractivity contribution in [3.63, 3.8) is 0 Å². The second kappa shape index (κ2) is 3.07. The zero-order valence-electron chi connectivity index (χ0n) is 5.49. The molecular weight excluding hydrogens is 153 g/mol. The molecule has 54 valence electrons. The molecule has 1 unspecified atom stereocenters. The Morgan fingerprint density at radius 3 is 2.00 bits per heavy atom. The highest BCUT2D eigenvalue weighted by atomic mass is 31.1. The first-order chi connectivity index (χ1) is 4.72. The Morgan fingerprint density at radius 2 is 1.60 bits per heavy atom. The minimum atomic E-state index is -0.496. The molecule has 1 atom stereocenters. The summed E-state index contributed by atoms with van der Waals surface area (Å²) in [6.45, 7) is 1.88. The van der Waals surface area contributed by atoms with Crippen LogP contribution in [0.15, 0.2) is 18.2 Å². The van der Waals surface area contributed by atoms with Crippen LogP contribution in [-0.4, -0.2) is 6.66 Å². The summed E-state index contributed by atoms with van der Waals surface area (Å²) >= 11 is 0. The quantitative estimate of drug-likeness (QED) is 0.550. The standard InChI is InChI=1S/C7H7F2P/c1-10-7-3-5(8)2-6(9)4-7/h2-4,10H,1H3. The molecule has 0 aliphatic heterocycles. The lowest BCUT2D eigenvalue weighted by atomic mass is 10.3. The Hall–Kier alpha value is -0.490. The Labute approximate surface area is 60.0 Å². The average Bonchev–Trinajstić information content (AvgIpc) is 1.85. The van der Waals surface area contributed by atoms with Crippen LogP contribution < -0.4 is 5.30 Å². The molecule has 0 aliphatic carbocycles. The van der Waals surface area contributed by atoms with Crippen LogP contribution in [-0.2, 0) is 0 Å². The first kappa shape index (κ1) is 7.62. The molecule has 10 heavy (non-hydrogen) atoms. The van der Waals surface area contributed by atoms with E-state index in [9.17, 15) is 8.78 Å². The molecule has 0 spiro atoms. The third-order valence-electron chi connectivity index (χ3n) is 1.15. The molecule has 1 aromatic rings. The van der Waals surface area contributed by atoms with Crippen LogP contribution in [0, 0.1) is 11.6 Å². The van der Waals surface area contributed by atoms with Crippen molar-refractivity contribution in [3.8, 4) is 0 Å². The van der Waals surface area contributed by atoms with Crippen LogP contribution in [0.4, 0.5) is 8.78 Å². The normalized spacial score (nSPS) is 11.1. The first-order valence-electron chi connectivity index (χ1n) is 2.86. The third kappa shape index (κ3) is 1.74. The smallest absolute Gasteiger partial charge is 0.126 e. The average molecular weight is 160 g/mol. The van der Waals surface area contributed by atoms with Crippen molar-refractivity contribution in [2.45, 2.75) is 0 Å². The molecule has 1 rings (SSSR count). The molecule has 0 fully saturated rings. The summed E-state index contributed by atoms with van der Waals surface area (Å²) in [6.07, 6.45) is 0. The van der Waals surface area contributed by atoms with Crippen molar-refractivity contribution in [1.82, 2.24) is 0 Å². The molecule has 0 aliphatic rings. The van der Waals surface area contributed by atoms with Crippen molar-refractivity contribution >= 4 is 13.9 Å². The van der Waals surface area contributed by atoms with E-state index in [-0.39, 0.29) is 0 Å². The molecule has 0 heterocycles. The molecule has 0 saturated carbocycles. The summed E-state index contributed by atoms with van der Waals surface area (Å²) < 4.78 is 24.8. The fourth-order valence-corrected chi connectivity index (χ4v) is 1.26. The molecule has 0 N–H and O–H groups in total. The van der Waals surface area contributed by atoms with E-state index in [2.05, 4.69) is 0 Å². The van der Waals surface area contributed by atoms with Gasteiger partial charge in [0.2, 0.25) is 0 Å². The van der Waals surface area contributed by atoms with Crippen LogP contribution in [0.5, 0.6) is 0 Å². The van der Waals surface area contributed by atoms with Gasteiger partial charge in [0, 0.05) is 6.07 Å². The highest BCUT2D eigenvalue weighted by Crippen LogP contribution is 2.07. The number of rotatable bonds is 1. The van der Waals surface area contributed by atoms with Gasteiger partial charge in [0.15, 0.2) is 0 Å². The summed E-state index contributed by atoms with van der Waals surface area (Å²) in [4.78, 5) is 0. The van der Waals surface area contributed by atoms with E-state index in [1.165, 1.54) is 12.1 Å². The van der Waals surface area contributed by atoms with Crippen molar-refractivity contribution in [2.75, 3.05) is 6.66 Å². The van der Waals surface area contributed by atoms with Crippen molar-refractivity contribution in [3.05, 3.63) is 29.8 Å². The number of halogens is 2. The summed E-state index contributed by atoms with van der Waals surface area (Å²) in [5.41, 5.74) is 0. The first-order valence-corrected chi connectivity index (χ1v) is 4.36. The van der Waals surface area contributed by atoms with E-state index in [0.29, 0.717) is 8.58 Å². The van der Waals surface area contributed by atoms with E-state index in [4.69, 9.17) is 0 Å². The van der Waals surface area contributed by atoms with Gasteiger partial charge in [-0.3, -0.25) is 0 Å². The topological polar surface area (TPSA) is 0 Å². The summed E-state index contributed by atoms with van der Waals surface area (Å²) in [7, 11) is 0.443. The minimum Gasteiger partial charge on any atom is -0.207 e. The van der Waals surface area contributed by atoms with Crippen molar-refractivity contribution < 1.29 is 8.78 Å². The zero-order valence-corrected chi connectivity index (χ0v) is 6.49. The molecule has 0 nitrogen and oxygen atoms in total. The Kier molecular flexibility index (Phi) is 2.34. The maximum atomic E-state index is 12.4. The lowest BCUT2D eigenvalue weighted by molar-refractivity contribution is 0.585.